The zero-order valence-electron chi connectivity index (χ0n) is 10.0. The summed E-state index contributed by atoms with van der Waals surface area (Å²) in [5.74, 6) is -0.494. The van der Waals surface area contributed by atoms with Crippen molar-refractivity contribution in [3.63, 3.8) is 0 Å². The van der Waals surface area contributed by atoms with Gasteiger partial charge in [-0.3, -0.25) is 9.59 Å². The van der Waals surface area contributed by atoms with Crippen LogP contribution in [0.15, 0.2) is 41.3 Å². The summed E-state index contributed by atoms with van der Waals surface area (Å²) in [6, 6.07) is 9.81. The number of hydrogen-bond acceptors (Lipinski definition) is 4. The highest BCUT2D eigenvalue weighted by molar-refractivity contribution is 8.03. The summed E-state index contributed by atoms with van der Waals surface area (Å²) in [6.45, 7) is 0. The summed E-state index contributed by atoms with van der Waals surface area (Å²) in [7, 11) is 0. The van der Waals surface area contributed by atoms with Crippen molar-refractivity contribution in [2.45, 2.75) is 4.90 Å². The molecule has 2 aromatic carbocycles. The molecule has 0 aromatic heterocycles. The molecular weight excluding hydrogens is 294 g/mol. The van der Waals surface area contributed by atoms with Crippen LogP contribution in [0, 0.1) is 10.7 Å². The van der Waals surface area contributed by atoms with E-state index in [0.717, 1.165) is 11.8 Å². The van der Waals surface area contributed by atoms with E-state index in [4.69, 9.17) is 16.9 Å². The number of carbonyl (C=O) groups is 2. The van der Waals surface area contributed by atoms with E-state index in [-0.39, 0.29) is 22.2 Å². The van der Waals surface area contributed by atoms with Crippen LogP contribution in [0.5, 0.6) is 0 Å². The molecule has 2 aromatic rings. The third kappa shape index (κ3) is 1.75. The van der Waals surface area contributed by atoms with E-state index in [9.17, 15) is 9.59 Å². The number of thiocyanates is 1. The summed E-state index contributed by atoms with van der Waals surface area (Å²) in [5, 5.41) is 10.8. The minimum Gasteiger partial charge on any atom is -0.289 e. The van der Waals surface area contributed by atoms with E-state index in [1.807, 2.05) is 5.40 Å². The molecule has 0 saturated carbocycles. The molecule has 5 heteroatoms. The third-order valence-electron chi connectivity index (χ3n) is 3.15. The van der Waals surface area contributed by atoms with E-state index in [0.29, 0.717) is 21.6 Å². The number of rotatable bonds is 1. The first kappa shape index (κ1) is 12.9. The zero-order chi connectivity index (χ0) is 14.3. The molecule has 0 N–H and O–H groups in total. The molecule has 0 bridgehead atoms. The first-order valence-electron chi connectivity index (χ1n) is 5.72. The fourth-order valence-electron chi connectivity index (χ4n) is 2.26. The van der Waals surface area contributed by atoms with E-state index in [1.54, 1.807) is 36.4 Å². The lowest BCUT2D eigenvalue weighted by molar-refractivity contribution is 0.0979. The normalized spacial score (nSPS) is 12.6. The van der Waals surface area contributed by atoms with Crippen LogP contribution >= 0.6 is 23.4 Å². The van der Waals surface area contributed by atoms with Gasteiger partial charge in [-0.05, 0) is 23.9 Å². The standard InChI is InChI=1S/C15H6ClNO2S/c16-13-11(20-7-17)6-5-10-12(13)15(19)9-4-2-1-3-8(9)14(10)18/h1-6H. The smallest absolute Gasteiger partial charge is 0.196 e. The van der Waals surface area contributed by atoms with Gasteiger partial charge in [0.25, 0.3) is 0 Å². The number of halogens is 1. The number of hydrogen-bond donors (Lipinski definition) is 0. The van der Waals surface area contributed by atoms with E-state index < -0.39 is 0 Å². The number of nitriles is 1. The largest absolute Gasteiger partial charge is 0.289 e. The third-order valence-corrected chi connectivity index (χ3v) is 4.31. The maximum atomic E-state index is 12.5. The van der Waals surface area contributed by atoms with Crippen LogP contribution in [-0.2, 0) is 0 Å². The molecule has 20 heavy (non-hydrogen) atoms. The predicted molar refractivity (Wildman–Crippen MR) is 76.2 cm³/mol. The Bertz CT molecular complexity index is 808. The Morgan fingerprint density at radius 1 is 0.950 bits per heavy atom. The average molecular weight is 300 g/mol. The molecule has 0 heterocycles. The minimum atomic E-state index is -0.277. The lowest BCUT2D eigenvalue weighted by Gasteiger charge is -2.19. The van der Waals surface area contributed by atoms with Crippen LogP contribution in [0.2, 0.25) is 5.02 Å². The number of thioether (sulfide) groups is 1. The second kappa shape index (κ2) is 4.78. The van der Waals surface area contributed by atoms with Gasteiger partial charge in [0.05, 0.1) is 10.6 Å². The molecule has 0 atom stereocenters. The Labute approximate surface area is 124 Å². The molecule has 3 rings (SSSR count). The number of fused-ring (bicyclic) bond motifs is 2. The number of benzene rings is 2. The van der Waals surface area contributed by atoms with E-state index in [1.165, 1.54) is 0 Å². The topological polar surface area (TPSA) is 57.9 Å². The average Bonchev–Trinajstić information content (AvgIpc) is 2.47. The fourth-order valence-corrected chi connectivity index (χ4v) is 3.05. The molecule has 0 unspecified atom stereocenters. The molecule has 0 aliphatic heterocycles. The highest BCUT2D eigenvalue weighted by Gasteiger charge is 2.32. The lowest BCUT2D eigenvalue weighted by atomic mass is 9.84. The lowest BCUT2D eigenvalue weighted by Crippen LogP contribution is -2.21. The molecule has 0 fully saturated rings. The highest BCUT2D eigenvalue weighted by atomic mass is 35.5. The Kier molecular flexibility index (Phi) is 3.09. The summed E-state index contributed by atoms with van der Waals surface area (Å²) in [4.78, 5) is 25.4. The van der Waals surface area contributed by atoms with Gasteiger partial charge in [-0.2, -0.15) is 5.26 Å². The van der Waals surface area contributed by atoms with Crippen LogP contribution in [0.3, 0.4) is 0 Å². The van der Waals surface area contributed by atoms with Gasteiger partial charge in [0.1, 0.15) is 5.40 Å². The quantitative estimate of drug-likeness (QED) is 0.508. The number of ketones is 2. The molecule has 0 saturated heterocycles. The van der Waals surface area contributed by atoms with Crippen LogP contribution in [0.4, 0.5) is 0 Å². The van der Waals surface area contributed by atoms with Crippen molar-refractivity contribution in [1.29, 1.82) is 5.26 Å². The zero-order valence-corrected chi connectivity index (χ0v) is 11.6. The Morgan fingerprint density at radius 3 is 2.25 bits per heavy atom. The van der Waals surface area contributed by atoms with Crippen LogP contribution in [0.1, 0.15) is 31.8 Å². The molecule has 1 aliphatic carbocycles. The maximum absolute atomic E-state index is 12.5. The SMILES string of the molecule is N#CSc1ccc2c(c1Cl)C(=O)c1ccccc1C2=O. The van der Waals surface area contributed by atoms with Crippen molar-refractivity contribution in [2.24, 2.45) is 0 Å². The molecule has 3 nitrogen and oxygen atoms in total. The van der Waals surface area contributed by atoms with Crippen molar-refractivity contribution in [1.82, 2.24) is 0 Å². The minimum absolute atomic E-state index is 0.168. The Balaban J connectivity index is 2.29. The summed E-state index contributed by atoms with van der Waals surface area (Å²) in [6.07, 6.45) is 0. The second-order valence-electron chi connectivity index (χ2n) is 4.20. The first-order valence-corrected chi connectivity index (χ1v) is 6.91. The molecule has 0 spiro atoms. The predicted octanol–water partition coefficient (Wildman–Crippen LogP) is 3.69. The van der Waals surface area contributed by atoms with Crippen molar-refractivity contribution in [3.8, 4) is 5.40 Å². The van der Waals surface area contributed by atoms with Crippen molar-refractivity contribution >= 4 is 34.9 Å². The van der Waals surface area contributed by atoms with E-state index >= 15 is 0 Å². The second-order valence-corrected chi connectivity index (χ2v) is 5.40. The van der Waals surface area contributed by atoms with Crippen molar-refractivity contribution < 1.29 is 9.59 Å². The number of nitrogens with zero attached hydrogens (tertiary/aromatic N) is 1. The summed E-state index contributed by atoms with van der Waals surface area (Å²) >= 11 is 7.06. The van der Waals surface area contributed by atoms with Gasteiger partial charge in [-0.15, -0.1) is 0 Å². The summed E-state index contributed by atoms with van der Waals surface area (Å²) in [5.41, 5.74) is 1.23. The fraction of sp³-hybridized carbons (Fsp3) is 0. The van der Waals surface area contributed by atoms with Crippen LogP contribution < -0.4 is 0 Å². The van der Waals surface area contributed by atoms with E-state index in [2.05, 4.69) is 0 Å². The van der Waals surface area contributed by atoms with Gasteiger partial charge in [0.2, 0.25) is 0 Å². The van der Waals surface area contributed by atoms with Crippen molar-refractivity contribution in [2.75, 3.05) is 0 Å². The monoisotopic (exact) mass is 299 g/mol. The highest BCUT2D eigenvalue weighted by Crippen LogP contribution is 2.37. The van der Waals surface area contributed by atoms with Gasteiger partial charge in [0.15, 0.2) is 11.6 Å². The Morgan fingerprint density at radius 2 is 1.60 bits per heavy atom. The van der Waals surface area contributed by atoms with Gasteiger partial charge in [-0.1, -0.05) is 35.9 Å². The van der Waals surface area contributed by atoms with Gasteiger partial charge < -0.3 is 0 Å². The molecular formula is C15H6ClNO2S. The van der Waals surface area contributed by atoms with Gasteiger partial charge in [0, 0.05) is 21.6 Å². The molecule has 1 aliphatic rings. The Hall–Kier alpha value is -2.09. The van der Waals surface area contributed by atoms with Gasteiger partial charge in [-0.25, -0.2) is 0 Å². The summed E-state index contributed by atoms with van der Waals surface area (Å²) < 4.78 is 0. The first-order chi connectivity index (χ1) is 9.65. The molecule has 0 amide bonds. The van der Waals surface area contributed by atoms with Gasteiger partial charge >= 0.3 is 0 Å². The van der Waals surface area contributed by atoms with Crippen molar-refractivity contribution in [3.05, 3.63) is 63.7 Å². The van der Waals surface area contributed by atoms with Crippen LogP contribution in [0.25, 0.3) is 0 Å². The molecule has 96 valence electrons. The maximum Gasteiger partial charge on any atom is 0.196 e. The number of carbonyl (C=O) groups excluding carboxylic acids is 2. The molecule has 0 radical (unpaired) electrons. The van der Waals surface area contributed by atoms with Crippen LogP contribution in [-0.4, -0.2) is 11.6 Å².